The average molecular weight is 314 g/mol. The molecule has 1 aromatic rings. The normalized spacial score (nSPS) is 22.5. The lowest BCUT2D eigenvalue weighted by atomic mass is 9.79. The number of nitrogens with zero attached hydrogens (tertiary/aromatic N) is 2. The van der Waals surface area contributed by atoms with Gasteiger partial charge in [0, 0.05) is 13.2 Å². The Hall–Kier alpha value is -1.07. The van der Waals surface area contributed by atoms with Crippen molar-refractivity contribution in [3.63, 3.8) is 0 Å². The van der Waals surface area contributed by atoms with Crippen LogP contribution in [-0.2, 0) is 0 Å². The minimum Gasteiger partial charge on any atom is -0.396 e. The van der Waals surface area contributed by atoms with E-state index in [0.717, 1.165) is 19.4 Å². The first-order valence-electron chi connectivity index (χ1n) is 7.66. The summed E-state index contributed by atoms with van der Waals surface area (Å²) in [6.07, 6.45) is 6.18. The van der Waals surface area contributed by atoms with Crippen LogP contribution >= 0.6 is 11.6 Å². The van der Waals surface area contributed by atoms with Gasteiger partial charge >= 0.3 is 0 Å². The Kier molecular flexibility index (Phi) is 5.65. The summed E-state index contributed by atoms with van der Waals surface area (Å²) in [6, 6.07) is -0.0128. The molecule has 1 heterocycles. The molecule has 0 radical (unpaired) electrons. The van der Waals surface area contributed by atoms with Gasteiger partial charge in [-0.1, -0.05) is 24.4 Å². The van der Waals surface area contributed by atoms with E-state index in [2.05, 4.69) is 10.4 Å². The molecule has 1 fully saturated rings. The van der Waals surface area contributed by atoms with E-state index in [4.69, 9.17) is 11.6 Å². The Morgan fingerprint density at radius 3 is 2.71 bits per heavy atom. The fraction of sp³-hybridized carbons (Fsp3) is 0.733. The van der Waals surface area contributed by atoms with E-state index in [9.17, 15) is 9.90 Å². The summed E-state index contributed by atoms with van der Waals surface area (Å²) in [7, 11) is 0. The molecular formula is C15H24ClN3O2. The van der Waals surface area contributed by atoms with Crippen LogP contribution in [0.4, 0.5) is 5.69 Å². The third-order valence-corrected chi connectivity index (χ3v) is 4.65. The van der Waals surface area contributed by atoms with Crippen LogP contribution in [-0.4, -0.2) is 28.0 Å². The molecule has 2 unspecified atom stereocenters. The summed E-state index contributed by atoms with van der Waals surface area (Å²) in [5.41, 5.74) is 0.319. The van der Waals surface area contributed by atoms with Gasteiger partial charge in [0.15, 0.2) is 0 Å². The predicted octanol–water partition coefficient (Wildman–Crippen LogP) is 2.69. The zero-order chi connectivity index (χ0) is 15.4. The Labute approximate surface area is 130 Å². The number of rotatable bonds is 5. The molecule has 0 aliphatic heterocycles. The van der Waals surface area contributed by atoms with E-state index in [1.54, 1.807) is 6.20 Å². The van der Waals surface area contributed by atoms with Crippen molar-refractivity contribution >= 4 is 17.3 Å². The Morgan fingerprint density at radius 2 is 2.10 bits per heavy atom. The van der Waals surface area contributed by atoms with Crippen LogP contribution in [0, 0.1) is 11.8 Å². The van der Waals surface area contributed by atoms with Gasteiger partial charge in [0.2, 0.25) is 0 Å². The number of aliphatic hydroxyl groups excluding tert-OH is 1. The van der Waals surface area contributed by atoms with E-state index < -0.39 is 0 Å². The van der Waals surface area contributed by atoms with E-state index in [1.807, 2.05) is 13.8 Å². The highest BCUT2D eigenvalue weighted by Gasteiger charge is 2.24. The monoisotopic (exact) mass is 313 g/mol. The zero-order valence-electron chi connectivity index (χ0n) is 12.7. The van der Waals surface area contributed by atoms with Crippen molar-refractivity contribution in [3.05, 3.63) is 21.6 Å². The lowest BCUT2D eigenvalue weighted by Crippen LogP contribution is -2.30. The van der Waals surface area contributed by atoms with Gasteiger partial charge in [0.25, 0.3) is 5.56 Å². The summed E-state index contributed by atoms with van der Waals surface area (Å²) >= 11 is 6.15. The van der Waals surface area contributed by atoms with Crippen LogP contribution < -0.4 is 10.9 Å². The number of hydrogen-bond acceptors (Lipinski definition) is 4. The van der Waals surface area contributed by atoms with Crippen molar-refractivity contribution < 1.29 is 5.11 Å². The summed E-state index contributed by atoms with van der Waals surface area (Å²) in [5, 5.41) is 17.0. The lowest BCUT2D eigenvalue weighted by molar-refractivity contribution is 0.141. The van der Waals surface area contributed by atoms with Crippen LogP contribution in [0.3, 0.4) is 0 Å². The van der Waals surface area contributed by atoms with Gasteiger partial charge in [0.05, 0.1) is 17.9 Å². The molecule has 0 spiro atoms. The first-order chi connectivity index (χ1) is 10.0. The number of hydrogen-bond donors (Lipinski definition) is 2. The van der Waals surface area contributed by atoms with E-state index in [1.165, 1.54) is 17.5 Å². The molecule has 6 heteroatoms. The molecule has 2 atom stereocenters. The highest BCUT2D eigenvalue weighted by molar-refractivity contribution is 6.32. The Morgan fingerprint density at radius 1 is 1.43 bits per heavy atom. The number of aromatic nitrogens is 2. The molecule has 1 aliphatic carbocycles. The van der Waals surface area contributed by atoms with Gasteiger partial charge in [-0.3, -0.25) is 4.79 Å². The Balaban J connectivity index is 2.06. The molecule has 1 aliphatic rings. The minimum atomic E-state index is -0.265. The highest BCUT2D eigenvalue weighted by atomic mass is 35.5. The molecule has 2 rings (SSSR count). The van der Waals surface area contributed by atoms with Crippen molar-refractivity contribution in [3.8, 4) is 0 Å². The van der Waals surface area contributed by atoms with E-state index in [-0.39, 0.29) is 23.2 Å². The SMILES string of the molecule is CC(C)n1ncc(NCC2CCCCC2CO)c(Cl)c1=O. The van der Waals surface area contributed by atoms with Gasteiger partial charge in [0.1, 0.15) is 5.02 Å². The maximum absolute atomic E-state index is 12.1. The largest absolute Gasteiger partial charge is 0.396 e. The summed E-state index contributed by atoms with van der Waals surface area (Å²) in [4.78, 5) is 12.1. The fourth-order valence-corrected chi connectivity index (χ4v) is 3.17. The van der Waals surface area contributed by atoms with Crippen molar-refractivity contribution in [1.29, 1.82) is 0 Å². The third-order valence-electron chi connectivity index (χ3n) is 4.29. The van der Waals surface area contributed by atoms with E-state index in [0.29, 0.717) is 17.5 Å². The molecular weight excluding hydrogens is 290 g/mol. The van der Waals surface area contributed by atoms with Crippen molar-refractivity contribution in [2.75, 3.05) is 18.5 Å². The highest BCUT2D eigenvalue weighted by Crippen LogP contribution is 2.30. The maximum Gasteiger partial charge on any atom is 0.287 e. The van der Waals surface area contributed by atoms with Crippen LogP contribution in [0.15, 0.2) is 11.0 Å². The van der Waals surface area contributed by atoms with Crippen molar-refractivity contribution in [2.24, 2.45) is 11.8 Å². The first kappa shape index (κ1) is 16.3. The van der Waals surface area contributed by atoms with Crippen LogP contribution in [0.5, 0.6) is 0 Å². The molecule has 2 N–H and O–H groups in total. The second kappa shape index (κ2) is 7.27. The summed E-state index contributed by atoms with van der Waals surface area (Å²) < 4.78 is 1.38. The topological polar surface area (TPSA) is 67.2 Å². The lowest BCUT2D eigenvalue weighted by Gasteiger charge is -2.30. The van der Waals surface area contributed by atoms with E-state index >= 15 is 0 Å². The van der Waals surface area contributed by atoms with Crippen molar-refractivity contribution in [2.45, 2.75) is 45.6 Å². The van der Waals surface area contributed by atoms with Gasteiger partial charge in [-0.2, -0.15) is 5.10 Å². The van der Waals surface area contributed by atoms with Gasteiger partial charge < -0.3 is 10.4 Å². The Bertz CT molecular complexity index is 530. The van der Waals surface area contributed by atoms with Crippen LogP contribution in [0.2, 0.25) is 5.02 Å². The fourth-order valence-electron chi connectivity index (χ4n) is 2.97. The molecule has 0 saturated heterocycles. The second-order valence-electron chi connectivity index (χ2n) is 6.08. The van der Waals surface area contributed by atoms with Gasteiger partial charge in [-0.15, -0.1) is 0 Å². The quantitative estimate of drug-likeness (QED) is 0.877. The summed E-state index contributed by atoms with van der Waals surface area (Å²) in [6.45, 7) is 4.74. The summed E-state index contributed by atoms with van der Waals surface area (Å²) in [5.74, 6) is 0.765. The molecule has 118 valence electrons. The maximum atomic E-state index is 12.1. The molecule has 1 saturated carbocycles. The average Bonchev–Trinajstić information content (AvgIpc) is 2.48. The van der Waals surface area contributed by atoms with Gasteiger partial charge in [-0.25, -0.2) is 4.68 Å². The molecule has 21 heavy (non-hydrogen) atoms. The third kappa shape index (κ3) is 3.77. The van der Waals surface area contributed by atoms with Crippen LogP contribution in [0.25, 0.3) is 0 Å². The molecule has 0 bridgehead atoms. The number of aliphatic hydroxyl groups is 1. The van der Waals surface area contributed by atoms with Crippen molar-refractivity contribution in [1.82, 2.24) is 9.78 Å². The molecule has 0 aromatic carbocycles. The first-order valence-corrected chi connectivity index (χ1v) is 8.04. The number of halogens is 1. The number of nitrogens with one attached hydrogen (secondary N) is 1. The molecule has 1 aromatic heterocycles. The zero-order valence-corrected chi connectivity index (χ0v) is 13.4. The molecule has 5 nitrogen and oxygen atoms in total. The predicted molar refractivity (Wildman–Crippen MR) is 84.9 cm³/mol. The minimum absolute atomic E-state index is 0.0128. The molecule has 0 amide bonds. The second-order valence-corrected chi connectivity index (χ2v) is 6.46. The standard InChI is InChI=1S/C15H24ClN3O2/c1-10(2)19-15(21)14(16)13(8-18-19)17-7-11-5-3-4-6-12(11)9-20/h8,10-12,17,20H,3-7,9H2,1-2H3. The smallest absolute Gasteiger partial charge is 0.287 e. The van der Waals surface area contributed by atoms with Crippen LogP contribution in [0.1, 0.15) is 45.6 Å². The number of anilines is 1. The van der Waals surface area contributed by atoms with Gasteiger partial charge in [-0.05, 0) is 38.5 Å².